The van der Waals surface area contributed by atoms with E-state index >= 15 is 0 Å². The van der Waals surface area contributed by atoms with E-state index in [2.05, 4.69) is 53.8 Å². The second-order valence-electron chi connectivity index (χ2n) is 8.05. The normalized spacial score (nSPS) is 20.8. The fourth-order valence-electron chi connectivity index (χ4n) is 5.08. The van der Waals surface area contributed by atoms with Crippen LogP contribution in [-0.4, -0.2) is 26.2 Å². The zero-order chi connectivity index (χ0) is 20.5. The number of carbonyl (C=O) groups excluding carboxylic acids is 1. The minimum Gasteiger partial charge on any atom is -0.497 e. The Bertz CT molecular complexity index is 1010. The molecule has 0 radical (unpaired) electrons. The van der Waals surface area contributed by atoms with Crippen LogP contribution in [0.25, 0.3) is 0 Å². The number of amides is 1. The quantitative estimate of drug-likeness (QED) is 0.664. The van der Waals surface area contributed by atoms with E-state index in [0.29, 0.717) is 30.0 Å². The van der Waals surface area contributed by atoms with Gasteiger partial charge in [0.05, 0.1) is 7.11 Å². The number of benzene rings is 3. The zero-order valence-electron chi connectivity index (χ0n) is 17.0. The summed E-state index contributed by atoms with van der Waals surface area (Å²) in [5.41, 5.74) is 5.74. The van der Waals surface area contributed by atoms with Gasteiger partial charge in [-0.15, -0.1) is 0 Å². The molecule has 3 aromatic carbocycles. The molecule has 0 saturated carbocycles. The second kappa shape index (κ2) is 7.86. The molecule has 3 aliphatic rings. The Balaban J connectivity index is 1.25. The SMILES string of the molecule is COc1ccc(OCC(=O)NC[C@H]2CC3c4ccccc4C2c2ccccc23)cc1. The van der Waals surface area contributed by atoms with E-state index in [1.165, 1.54) is 22.3 Å². The minimum absolute atomic E-state index is 0.0142. The monoisotopic (exact) mass is 399 g/mol. The Labute approximate surface area is 176 Å². The number of hydrogen-bond acceptors (Lipinski definition) is 3. The standard InChI is InChI=1S/C26H25NO3/c1-29-18-10-12-19(13-11-18)30-16-25(28)27-15-17-14-24-20-6-2-4-8-22(20)26(17)23-9-5-3-7-21(23)24/h2-13,17,24,26H,14-16H2,1H3,(H,27,28)/t17-,24?,26?/m1/s1. The van der Waals surface area contributed by atoms with E-state index in [9.17, 15) is 4.79 Å². The van der Waals surface area contributed by atoms with Crippen LogP contribution < -0.4 is 14.8 Å². The fraction of sp³-hybridized carbons (Fsp3) is 0.269. The first-order chi connectivity index (χ1) is 14.7. The number of methoxy groups -OCH3 is 1. The molecular weight excluding hydrogens is 374 g/mol. The van der Waals surface area contributed by atoms with E-state index in [-0.39, 0.29) is 12.5 Å². The molecule has 1 atom stereocenters. The topological polar surface area (TPSA) is 47.6 Å². The Kier molecular flexibility index (Phi) is 4.91. The molecule has 3 aromatic rings. The molecule has 4 nitrogen and oxygen atoms in total. The van der Waals surface area contributed by atoms with Crippen molar-refractivity contribution in [3.8, 4) is 11.5 Å². The maximum Gasteiger partial charge on any atom is 0.257 e. The summed E-state index contributed by atoms with van der Waals surface area (Å²) >= 11 is 0. The molecule has 1 amide bonds. The summed E-state index contributed by atoms with van der Waals surface area (Å²) in [4.78, 5) is 12.4. The first kappa shape index (κ1) is 18.7. The highest BCUT2D eigenvalue weighted by molar-refractivity contribution is 5.77. The maximum atomic E-state index is 12.4. The summed E-state index contributed by atoms with van der Waals surface area (Å²) in [5, 5.41) is 3.10. The number of carbonyl (C=O) groups is 1. The van der Waals surface area contributed by atoms with Gasteiger partial charge in [0.25, 0.3) is 5.91 Å². The molecule has 30 heavy (non-hydrogen) atoms. The van der Waals surface area contributed by atoms with Crippen LogP contribution in [0, 0.1) is 5.92 Å². The predicted octanol–water partition coefficient (Wildman–Crippen LogP) is 4.49. The van der Waals surface area contributed by atoms with Gasteiger partial charge in [0.2, 0.25) is 0 Å². The average molecular weight is 399 g/mol. The van der Waals surface area contributed by atoms with Crippen molar-refractivity contribution in [3.05, 3.63) is 95.1 Å². The number of hydrogen-bond donors (Lipinski definition) is 1. The molecular formula is C26H25NO3. The lowest BCUT2D eigenvalue weighted by Gasteiger charge is -2.45. The summed E-state index contributed by atoms with van der Waals surface area (Å²) < 4.78 is 10.8. The van der Waals surface area contributed by atoms with E-state index in [4.69, 9.17) is 9.47 Å². The van der Waals surface area contributed by atoms with Gasteiger partial charge in [0.15, 0.2) is 6.61 Å². The lowest BCUT2D eigenvalue weighted by Crippen LogP contribution is -2.40. The molecule has 2 bridgehead atoms. The maximum absolute atomic E-state index is 12.4. The summed E-state index contributed by atoms with van der Waals surface area (Å²) in [6.45, 7) is 0.676. The number of ether oxygens (including phenoxy) is 2. The summed E-state index contributed by atoms with van der Waals surface area (Å²) in [6, 6.07) is 24.8. The van der Waals surface area contributed by atoms with Gasteiger partial charge in [0.1, 0.15) is 11.5 Å². The van der Waals surface area contributed by atoms with Crippen molar-refractivity contribution in [1.29, 1.82) is 0 Å². The van der Waals surface area contributed by atoms with Gasteiger partial charge < -0.3 is 14.8 Å². The van der Waals surface area contributed by atoms with Gasteiger partial charge >= 0.3 is 0 Å². The van der Waals surface area contributed by atoms with Crippen LogP contribution in [0.1, 0.15) is 40.5 Å². The third kappa shape index (κ3) is 3.32. The van der Waals surface area contributed by atoms with E-state index in [0.717, 1.165) is 12.2 Å². The van der Waals surface area contributed by atoms with Crippen molar-refractivity contribution in [2.24, 2.45) is 5.92 Å². The molecule has 0 aromatic heterocycles. The molecule has 4 heteroatoms. The third-order valence-electron chi connectivity index (χ3n) is 6.41. The lowest BCUT2D eigenvalue weighted by atomic mass is 9.59. The predicted molar refractivity (Wildman–Crippen MR) is 116 cm³/mol. The highest BCUT2D eigenvalue weighted by atomic mass is 16.5. The van der Waals surface area contributed by atoms with E-state index in [1.807, 2.05) is 12.1 Å². The number of rotatable bonds is 6. The third-order valence-corrected chi connectivity index (χ3v) is 6.41. The molecule has 0 aliphatic heterocycles. The Morgan fingerprint density at radius 1 is 0.867 bits per heavy atom. The van der Waals surface area contributed by atoms with Gasteiger partial charge in [-0.2, -0.15) is 0 Å². The van der Waals surface area contributed by atoms with Crippen molar-refractivity contribution in [2.75, 3.05) is 20.3 Å². The molecule has 0 fully saturated rings. The summed E-state index contributed by atoms with van der Waals surface area (Å²) in [7, 11) is 1.62. The van der Waals surface area contributed by atoms with Crippen LogP contribution in [0.3, 0.4) is 0 Å². The van der Waals surface area contributed by atoms with E-state index in [1.54, 1.807) is 19.2 Å². The highest BCUT2D eigenvalue weighted by Gasteiger charge is 2.42. The van der Waals surface area contributed by atoms with Crippen LogP contribution in [0.15, 0.2) is 72.8 Å². The number of nitrogens with one attached hydrogen (secondary N) is 1. The minimum atomic E-state index is -0.0890. The number of fused-ring (bicyclic) bond motifs is 1. The highest BCUT2D eigenvalue weighted by Crippen LogP contribution is 2.55. The molecule has 3 aliphatic carbocycles. The van der Waals surface area contributed by atoms with Crippen LogP contribution in [0.4, 0.5) is 0 Å². The Morgan fingerprint density at radius 3 is 2.03 bits per heavy atom. The molecule has 0 heterocycles. The van der Waals surface area contributed by atoms with Crippen molar-refractivity contribution in [1.82, 2.24) is 5.32 Å². The largest absolute Gasteiger partial charge is 0.497 e. The molecule has 0 saturated heterocycles. The molecule has 0 spiro atoms. The van der Waals surface area contributed by atoms with Crippen molar-refractivity contribution < 1.29 is 14.3 Å². The van der Waals surface area contributed by atoms with Gasteiger partial charge in [-0.25, -0.2) is 0 Å². The smallest absolute Gasteiger partial charge is 0.257 e. The van der Waals surface area contributed by atoms with Crippen molar-refractivity contribution in [3.63, 3.8) is 0 Å². The van der Waals surface area contributed by atoms with Gasteiger partial charge in [-0.05, 0) is 58.9 Å². The zero-order valence-corrected chi connectivity index (χ0v) is 17.0. The average Bonchev–Trinajstić information content (AvgIpc) is 2.82. The molecule has 6 rings (SSSR count). The lowest BCUT2D eigenvalue weighted by molar-refractivity contribution is -0.123. The fourth-order valence-corrected chi connectivity index (χ4v) is 5.08. The van der Waals surface area contributed by atoms with Crippen LogP contribution in [-0.2, 0) is 4.79 Å². The molecule has 1 N–H and O–H groups in total. The van der Waals surface area contributed by atoms with Crippen molar-refractivity contribution >= 4 is 5.91 Å². The summed E-state index contributed by atoms with van der Waals surface area (Å²) in [6.07, 6.45) is 1.07. The van der Waals surface area contributed by atoms with Gasteiger partial charge in [0, 0.05) is 18.4 Å². The molecule has 0 unspecified atom stereocenters. The van der Waals surface area contributed by atoms with Crippen LogP contribution in [0.2, 0.25) is 0 Å². The van der Waals surface area contributed by atoms with Gasteiger partial charge in [-0.3, -0.25) is 4.79 Å². The van der Waals surface area contributed by atoms with Gasteiger partial charge in [-0.1, -0.05) is 48.5 Å². The first-order valence-corrected chi connectivity index (χ1v) is 10.5. The first-order valence-electron chi connectivity index (χ1n) is 10.5. The van der Waals surface area contributed by atoms with Crippen molar-refractivity contribution in [2.45, 2.75) is 18.3 Å². The Morgan fingerprint density at radius 2 is 1.43 bits per heavy atom. The second-order valence-corrected chi connectivity index (χ2v) is 8.05. The summed E-state index contributed by atoms with van der Waals surface area (Å²) in [5.74, 6) is 2.48. The van der Waals surface area contributed by atoms with Crippen LogP contribution in [0.5, 0.6) is 11.5 Å². The van der Waals surface area contributed by atoms with Crippen LogP contribution >= 0.6 is 0 Å². The van der Waals surface area contributed by atoms with E-state index < -0.39 is 0 Å². The Hall–Kier alpha value is -3.27. The molecule has 152 valence electrons.